The van der Waals surface area contributed by atoms with Gasteiger partial charge in [-0.15, -0.1) is 0 Å². The van der Waals surface area contributed by atoms with E-state index in [9.17, 15) is 9.59 Å². The van der Waals surface area contributed by atoms with Crippen LogP contribution in [0, 0.1) is 0 Å². The molecule has 0 spiro atoms. The quantitative estimate of drug-likeness (QED) is 0.904. The van der Waals surface area contributed by atoms with Gasteiger partial charge in [0.05, 0.1) is 17.9 Å². The van der Waals surface area contributed by atoms with Crippen molar-refractivity contribution in [2.45, 2.75) is 44.2 Å². The van der Waals surface area contributed by atoms with Crippen LogP contribution in [-0.2, 0) is 19.7 Å². The molecule has 0 bridgehead atoms. The molecule has 0 aromatic heterocycles. The standard InChI is InChI=1S/C17H23NO4/c1-17(2,12-7-5-4-6-8-12)16(21)18-11-14(22-3)9-13(18)10-15(19)20/h4-8,13-14H,9-11H2,1-3H3,(H,19,20). The van der Waals surface area contributed by atoms with Crippen LogP contribution in [0.25, 0.3) is 0 Å². The Morgan fingerprint density at radius 1 is 1.32 bits per heavy atom. The van der Waals surface area contributed by atoms with Crippen LogP contribution >= 0.6 is 0 Å². The molecule has 2 rings (SSSR count). The Hall–Kier alpha value is -1.88. The van der Waals surface area contributed by atoms with E-state index >= 15 is 0 Å². The van der Waals surface area contributed by atoms with Crippen molar-refractivity contribution >= 4 is 11.9 Å². The Balaban J connectivity index is 2.23. The Morgan fingerprint density at radius 2 is 1.95 bits per heavy atom. The first-order valence-electron chi connectivity index (χ1n) is 7.47. The second kappa shape index (κ2) is 6.48. The number of nitrogens with zero attached hydrogens (tertiary/aromatic N) is 1. The number of rotatable bonds is 5. The van der Waals surface area contributed by atoms with E-state index in [2.05, 4.69) is 0 Å². The van der Waals surface area contributed by atoms with Gasteiger partial charge < -0.3 is 14.7 Å². The molecule has 0 aliphatic carbocycles. The van der Waals surface area contributed by atoms with E-state index in [1.54, 1.807) is 12.0 Å². The van der Waals surface area contributed by atoms with Gasteiger partial charge in [0.25, 0.3) is 0 Å². The van der Waals surface area contributed by atoms with E-state index < -0.39 is 11.4 Å². The SMILES string of the molecule is COC1CC(CC(=O)O)N(C(=O)C(C)(C)c2ccccc2)C1. The first-order chi connectivity index (χ1) is 10.4. The van der Waals surface area contributed by atoms with Crippen molar-refractivity contribution in [1.82, 2.24) is 4.90 Å². The van der Waals surface area contributed by atoms with E-state index in [4.69, 9.17) is 9.84 Å². The van der Waals surface area contributed by atoms with Crippen LogP contribution in [0.3, 0.4) is 0 Å². The van der Waals surface area contributed by atoms with Crippen molar-refractivity contribution in [2.75, 3.05) is 13.7 Å². The molecule has 0 radical (unpaired) electrons. The highest BCUT2D eigenvalue weighted by molar-refractivity contribution is 5.88. The van der Waals surface area contributed by atoms with Gasteiger partial charge in [-0.2, -0.15) is 0 Å². The Morgan fingerprint density at radius 3 is 2.50 bits per heavy atom. The summed E-state index contributed by atoms with van der Waals surface area (Å²) in [5, 5.41) is 9.07. The molecule has 1 aliphatic heterocycles. The lowest BCUT2D eigenvalue weighted by atomic mass is 9.83. The van der Waals surface area contributed by atoms with Crippen molar-refractivity contribution < 1.29 is 19.4 Å². The molecule has 1 fully saturated rings. The van der Waals surface area contributed by atoms with Crippen LogP contribution < -0.4 is 0 Å². The molecule has 2 unspecified atom stereocenters. The van der Waals surface area contributed by atoms with E-state index in [1.165, 1.54) is 0 Å². The van der Waals surface area contributed by atoms with Crippen LogP contribution in [0.15, 0.2) is 30.3 Å². The first-order valence-corrected chi connectivity index (χ1v) is 7.47. The number of carbonyl (C=O) groups excluding carboxylic acids is 1. The number of carboxylic acids is 1. The van der Waals surface area contributed by atoms with Crippen molar-refractivity contribution in [2.24, 2.45) is 0 Å². The van der Waals surface area contributed by atoms with Crippen LogP contribution in [-0.4, -0.2) is 47.7 Å². The van der Waals surface area contributed by atoms with E-state index in [1.807, 2.05) is 44.2 Å². The van der Waals surface area contributed by atoms with Gasteiger partial charge in [-0.3, -0.25) is 9.59 Å². The molecule has 1 aromatic rings. The van der Waals surface area contributed by atoms with Crippen LogP contribution in [0.5, 0.6) is 0 Å². The third-order valence-corrected chi connectivity index (χ3v) is 4.41. The third-order valence-electron chi connectivity index (χ3n) is 4.41. The second-order valence-corrected chi connectivity index (χ2v) is 6.29. The lowest BCUT2D eigenvalue weighted by Crippen LogP contribution is -2.46. The van der Waals surface area contributed by atoms with Crippen molar-refractivity contribution in [3.05, 3.63) is 35.9 Å². The molecule has 5 heteroatoms. The van der Waals surface area contributed by atoms with Gasteiger partial charge in [0.2, 0.25) is 5.91 Å². The average molecular weight is 305 g/mol. The zero-order valence-electron chi connectivity index (χ0n) is 13.3. The van der Waals surface area contributed by atoms with Crippen LogP contribution in [0.1, 0.15) is 32.3 Å². The summed E-state index contributed by atoms with van der Waals surface area (Å²) in [5.74, 6) is -0.943. The summed E-state index contributed by atoms with van der Waals surface area (Å²) in [6.07, 6.45) is 0.426. The fourth-order valence-electron chi connectivity index (χ4n) is 3.03. The van der Waals surface area contributed by atoms with Gasteiger partial charge in [0.15, 0.2) is 0 Å². The highest BCUT2D eigenvalue weighted by Gasteiger charge is 2.42. The number of hydrogen-bond acceptors (Lipinski definition) is 3. The molecule has 2 atom stereocenters. The highest BCUT2D eigenvalue weighted by Crippen LogP contribution is 2.31. The maximum Gasteiger partial charge on any atom is 0.305 e. The maximum atomic E-state index is 13.0. The van der Waals surface area contributed by atoms with Crippen LogP contribution in [0.4, 0.5) is 0 Å². The minimum absolute atomic E-state index is 0.0452. The monoisotopic (exact) mass is 305 g/mol. The molecule has 1 saturated heterocycles. The van der Waals surface area contributed by atoms with Crippen molar-refractivity contribution in [1.29, 1.82) is 0 Å². The number of ether oxygens (including phenoxy) is 1. The Bertz CT molecular complexity index is 541. The number of carboxylic acid groups (broad SMARTS) is 1. The van der Waals surface area contributed by atoms with Gasteiger partial charge in [0, 0.05) is 19.7 Å². The molecule has 0 saturated carbocycles. The fourth-order valence-corrected chi connectivity index (χ4v) is 3.03. The average Bonchev–Trinajstić information content (AvgIpc) is 2.89. The van der Waals surface area contributed by atoms with Gasteiger partial charge in [-0.05, 0) is 25.8 Å². The number of likely N-dealkylation sites (tertiary alicyclic amines) is 1. The Kier molecular flexibility index (Phi) is 4.86. The highest BCUT2D eigenvalue weighted by atomic mass is 16.5. The Labute approximate surface area is 130 Å². The number of methoxy groups -OCH3 is 1. The molecule has 1 N–H and O–H groups in total. The number of carbonyl (C=O) groups is 2. The van der Waals surface area contributed by atoms with Gasteiger partial charge in [-0.1, -0.05) is 30.3 Å². The topological polar surface area (TPSA) is 66.8 Å². The molecular weight excluding hydrogens is 282 g/mol. The van der Waals surface area contributed by atoms with E-state index in [-0.39, 0.29) is 24.5 Å². The summed E-state index contributed by atoms with van der Waals surface area (Å²) >= 11 is 0. The second-order valence-electron chi connectivity index (χ2n) is 6.29. The first kappa shape index (κ1) is 16.5. The molecule has 5 nitrogen and oxygen atoms in total. The van der Waals surface area contributed by atoms with Gasteiger partial charge in [0.1, 0.15) is 0 Å². The summed E-state index contributed by atoms with van der Waals surface area (Å²) in [6.45, 7) is 4.20. The summed E-state index contributed by atoms with van der Waals surface area (Å²) in [5.41, 5.74) is 0.232. The largest absolute Gasteiger partial charge is 0.481 e. The normalized spacial score (nSPS) is 21.9. The smallest absolute Gasteiger partial charge is 0.305 e. The van der Waals surface area contributed by atoms with Crippen LogP contribution in [0.2, 0.25) is 0 Å². The predicted molar refractivity (Wildman–Crippen MR) is 82.6 cm³/mol. The van der Waals surface area contributed by atoms with Gasteiger partial charge in [-0.25, -0.2) is 0 Å². The number of aliphatic carboxylic acids is 1. The minimum Gasteiger partial charge on any atom is -0.481 e. The summed E-state index contributed by atoms with van der Waals surface area (Å²) in [7, 11) is 1.60. The van der Waals surface area contributed by atoms with E-state index in [0.717, 1.165) is 5.56 Å². The molecule has 1 aliphatic rings. The van der Waals surface area contributed by atoms with Crippen molar-refractivity contribution in [3.63, 3.8) is 0 Å². The zero-order valence-corrected chi connectivity index (χ0v) is 13.3. The van der Waals surface area contributed by atoms with E-state index in [0.29, 0.717) is 13.0 Å². The molecule has 1 heterocycles. The van der Waals surface area contributed by atoms with Crippen molar-refractivity contribution in [3.8, 4) is 0 Å². The lowest BCUT2D eigenvalue weighted by Gasteiger charge is -2.33. The fraction of sp³-hybridized carbons (Fsp3) is 0.529. The number of amides is 1. The number of benzene rings is 1. The molecule has 22 heavy (non-hydrogen) atoms. The zero-order chi connectivity index (χ0) is 16.3. The third kappa shape index (κ3) is 3.30. The molecule has 1 aromatic carbocycles. The lowest BCUT2D eigenvalue weighted by molar-refractivity contribution is -0.141. The number of hydrogen-bond donors (Lipinski definition) is 1. The molecule has 1 amide bonds. The molecular formula is C17H23NO4. The van der Waals surface area contributed by atoms with Gasteiger partial charge >= 0.3 is 5.97 Å². The summed E-state index contributed by atoms with van der Waals surface area (Å²) in [6, 6.07) is 9.26. The molecule has 120 valence electrons. The predicted octanol–water partition coefficient (Wildman–Crippen LogP) is 2.05. The minimum atomic E-state index is -0.892. The summed E-state index contributed by atoms with van der Waals surface area (Å²) in [4.78, 5) is 25.7. The maximum absolute atomic E-state index is 13.0. The summed E-state index contributed by atoms with van der Waals surface area (Å²) < 4.78 is 5.33.